The molecule has 0 radical (unpaired) electrons. The van der Waals surface area contributed by atoms with Crippen molar-refractivity contribution >= 4 is 23.1 Å². The monoisotopic (exact) mass is 376 g/mol. The van der Waals surface area contributed by atoms with Crippen molar-refractivity contribution in [1.82, 2.24) is 4.90 Å². The van der Waals surface area contributed by atoms with Gasteiger partial charge in [-0.05, 0) is 66.5 Å². The number of carbonyl (C=O) groups excluding carboxylic acids is 1. The van der Waals surface area contributed by atoms with Gasteiger partial charge < -0.3 is 10.2 Å². The van der Waals surface area contributed by atoms with Gasteiger partial charge in [0.1, 0.15) is 0 Å². The molecule has 4 heteroatoms. The average Bonchev–Trinajstić information content (AvgIpc) is 3.11. The van der Waals surface area contributed by atoms with Gasteiger partial charge in [-0.2, -0.15) is 0 Å². The summed E-state index contributed by atoms with van der Waals surface area (Å²) in [4.78, 5) is 16.5. The van der Waals surface area contributed by atoms with Crippen molar-refractivity contribution in [1.29, 1.82) is 0 Å². The third kappa shape index (κ3) is 3.91. The quantitative estimate of drug-likeness (QED) is 0.580. The minimum absolute atomic E-state index is 0.0318. The first kappa shape index (κ1) is 17.8. The van der Waals surface area contributed by atoms with Gasteiger partial charge in [0, 0.05) is 10.6 Å². The van der Waals surface area contributed by atoms with Crippen molar-refractivity contribution in [3.8, 4) is 0 Å². The second-order valence-electron chi connectivity index (χ2n) is 7.06. The molecule has 1 atom stereocenters. The van der Waals surface area contributed by atoms with E-state index in [0.717, 1.165) is 24.9 Å². The maximum Gasteiger partial charge on any atom is 0.322 e. The van der Waals surface area contributed by atoms with Crippen LogP contribution >= 0.6 is 11.3 Å². The molecule has 2 aromatic carbocycles. The molecule has 3 nitrogen and oxygen atoms in total. The highest BCUT2D eigenvalue weighted by molar-refractivity contribution is 7.10. The number of amides is 2. The zero-order chi connectivity index (χ0) is 18.6. The van der Waals surface area contributed by atoms with E-state index in [1.807, 2.05) is 35.2 Å². The second-order valence-corrected chi connectivity index (χ2v) is 8.06. The number of fused-ring (bicyclic) bond motifs is 1. The number of nitrogens with zero attached hydrogens (tertiary/aromatic N) is 1. The van der Waals surface area contributed by atoms with Crippen molar-refractivity contribution in [2.45, 2.75) is 38.8 Å². The van der Waals surface area contributed by atoms with Crippen LogP contribution in [0.15, 0.2) is 66.0 Å². The van der Waals surface area contributed by atoms with Crippen molar-refractivity contribution in [2.75, 3.05) is 5.32 Å². The Morgan fingerprint density at radius 1 is 1.11 bits per heavy atom. The van der Waals surface area contributed by atoms with Crippen LogP contribution in [0.3, 0.4) is 0 Å². The predicted molar refractivity (Wildman–Crippen MR) is 112 cm³/mol. The van der Waals surface area contributed by atoms with Gasteiger partial charge >= 0.3 is 6.03 Å². The van der Waals surface area contributed by atoms with Crippen LogP contribution < -0.4 is 5.32 Å². The van der Waals surface area contributed by atoms with Crippen LogP contribution in [0.25, 0.3) is 0 Å². The maximum atomic E-state index is 13.3. The molecule has 0 bridgehead atoms. The Hall–Kier alpha value is -2.59. The molecule has 2 amide bonds. The van der Waals surface area contributed by atoms with Crippen LogP contribution in [0.4, 0.5) is 10.5 Å². The number of hydrogen-bond acceptors (Lipinski definition) is 2. The van der Waals surface area contributed by atoms with Crippen molar-refractivity contribution in [3.63, 3.8) is 0 Å². The molecule has 0 saturated carbocycles. The number of urea groups is 1. The minimum atomic E-state index is -0.0318. The second kappa shape index (κ2) is 7.97. The fourth-order valence-electron chi connectivity index (χ4n) is 3.81. The molecule has 0 aliphatic heterocycles. The lowest BCUT2D eigenvalue weighted by molar-refractivity contribution is 0.176. The van der Waals surface area contributed by atoms with E-state index in [9.17, 15) is 4.79 Å². The largest absolute Gasteiger partial charge is 0.322 e. The molecule has 1 heterocycles. The summed E-state index contributed by atoms with van der Waals surface area (Å²) in [5.41, 5.74) is 4.75. The highest BCUT2D eigenvalue weighted by Crippen LogP contribution is 2.36. The van der Waals surface area contributed by atoms with Crippen LogP contribution in [-0.4, -0.2) is 10.9 Å². The molecule has 1 aromatic heterocycles. The van der Waals surface area contributed by atoms with Gasteiger partial charge in [0.15, 0.2) is 0 Å². The summed E-state index contributed by atoms with van der Waals surface area (Å²) in [6, 6.07) is 20.5. The van der Waals surface area contributed by atoms with Crippen molar-refractivity contribution < 1.29 is 4.79 Å². The lowest BCUT2D eigenvalue weighted by Gasteiger charge is -2.36. The van der Waals surface area contributed by atoms with Gasteiger partial charge in [-0.1, -0.05) is 42.5 Å². The van der Waals surface area contributed by atoms with Crippen LogP contribution in [0.5, 0.6) is 0 Å². The number of benzene rings is 2. The summed E-state index contributed by atoms with van der Waals surface area (Å²) >= 11 is 1.73. The normalized spacial score (nSPS) is 15.8. The molecule has 1 N–H and O–H groups in total. The molecule has 27 heavy (non-hydrogen) atoms. The molecule has 138 valence electrons. The average molecular weight is 377 g/mol. The lowest BCUT2D eigenvalue weighted by atomic mass is 9.87. The molecule has 3 aromatic rings. The van der Waals surface area contributed by atoms with E-state index in [2.05, 4.69) is 48.0 Å². The first-order valence-electron chi connectivity index (χ1n) is 9.46. The van der Waals surface area contributed by atoms with Gasteiger partial charge in [-0.25, -0.2) is 4.79 Å². The van der Waals surface area contributed by atoms with Gasteiger partial charge in [-0.3, -0.25) is 0 Å². The fraction of sp³-hybridized carbons (Fsp3) is 0.261. The van der Waals surface area contributed by atoms with Crippen LogP contribution in [-0.2, 0) is 13.0 Å². The summed E-state index contributed by atoms with van der Waals surface area (Å²) in [5.74, 6) is 0. The van der Waals surface area contributed by atoms with Gasteiger partial charge in [0.2, 0.25) is 0 Å². The predicted octanol–water partition coefficient (Wildman–Crippen LogP) is 6.17. The van der Waals surface area contributed by atoms with Gasteiger partial charge in [0.05, 0.1) is 12.6 Å². The third-order valence-corrected chi connectivity index (χ3v) is 6.29. The standard InChI is InChI=1S/C23H24N2OS/c1-17-14-15-27-22(17)16-25(23(26)24-19-10-3-2-4-11-19)21-13-7-9-18-8-5-6-12-20(18)21/h2-6,8,10-12,14-15,21H,7,9,13,16H2,1H3,(H,24,26). The molecular weight excluding hydrogens is 352 g/mol. The lowest BCUT2D eigenvalue weighted by Crippen LogP contribution is -2.39. The molecule has 0 saturated heterocycles. The molecule has 0 spiro atoms. The van der Waals surface area contributed by atoms with E-state index in [-0.39, 0.29) is 12.1 Å². The van der Waals surface area contributed by atoms with E-state index in [0.29, 0.717) is 6.54 Å². The fourth-order valence-corrected chi connectivity index (χ4v) is 4.72. The number of aryl methyl sites for hydroxylation is 2. The highest BCUT2D eigenvalue weighted by atomic mass is 32.1. The SMILES string of the molecule is Cc1ccsc1CN(C(=O)Nc1ccccc1)C1CCCc2ccccc21. The maximum absolute atomic E-state index is 13.3. The van der Waals surface area contributed by atoms with Crippen molar-refractivity contribution in [3.05, 3.63) is 87.6 Å². The number of rotatable bonds is 4. The Morgan fingerprint density at radius 2 is 1.89 bits per heavy atom. The van der Waals surface area contributed by atoms with Crippen LogP contribution in [0, 0.1) is 6.92 Å². The van der Waals surface area contributed by atoms with E-state index in [1.54, 1.807) is 11.3 Å². The molecule has 0 fully saturated rings. The highest BCUT2D eigenvalue weighted by Gasteiger charge is 2.30. The molecule has 1 aliphatic carbocycles. The van der Waals surface area contributed by atoms with Crippen LogP contribution in [0.2, 0.25) is 0 Å². The Kier molecular flexibility index (Phi) is 5.26. The van der Waals surface area contributed by atoms with Crippen LogP contribution in [0.1, 0.15) is 40.5 Å². The van der Waals surface area contributed by atoms with E-state index >= 15 is 0 Å². The number of carbonyl (C=O) groups is 1. The van der Waals surface area contributed by atoms with E-state index in [4.69, 9.17) is 0 Å². The number of anilines is 1. The molecule has 1 aliphatic rings. The van der Waals surface area contributed by atoms with Crippen molar-refractivity contribution in [2.24, 2.45) is 0 Å². The Morgan fingerprint density at radius 3 is 2.67 bits per heavy atom. The van der Waals surface area contributed by atoms with Gasteiger partial charge in [-0.15, -0.1) is 11.3 Å². The number of nitrogens with one attached hydrogen (secondary N) is 1. The minimum Gasteiger partial charge on any atom is -0.312 e. The van der Waals surface area contributed by atoms with E-state index < -0.39 is 0 Å². The number of thiophene rings is 1. The molecule has 1 unspecified atom stereocenters. The summed E-state index contributed by atoms with van der Waals surface area (Å²) in [7, 11) is 0. The molecule has 4 rings (SSSR count). The summed E-state index contributed by atoms with van der Waals surface area (Å²) < 4.78 is 0. The number of hydrogen-bond donors (Lipinski definition) is 1. The summed E-state index contributed by atoms with van der Waals surface area (Å²) in [6.45, 7) is 2.76. The van der Waals surface area contributed by atoms with Gasteiger partial charge in [0.25, 0.3) is 0 Å². The summed E-state index contributed by atoms with van der Waals surface area (Å²) in [6.07, 6.45) is 3.21. The first-order valence-corrected chi connectivity index (χ1v) is 10.3. The zero-order valence-electron chi connectivity index (χ0n) is 15.5. The zero-order valence-corrected chi connectivity index (χ0v) is 16.3. The topological polar surface area (TPSA) is 32.3 Å². The molecular formula is C23H24N2OS. The smallest absolute Gasteiger partial charge is 0.312 e. The van der Waals surface area contributed by atoms with E-state index in [1.165, 1.54) is 21.6 Å². The number of para-hydroxylation sites is 1. The summed E-state index contributed by atoms with van der Waals surface area (Å²) in [5, 5.41) is 5.20. The third-order valence-electron chi connectivity index (χ3n) is 5.28. The Labute approximate surface area is 164 Å². The Bertz CT molecular complexity index is 919. The first-order chi connectivity index (χ1) is 13.2. The Balaban J connectivity index is 1.66.